The Kier molecular flexibility index (Phi) is 6.27. The van der Waals surface area contributed by atoms with Gasteiger partial charge >= 0.3 is 6.03 Å². The van der Waals surface area contributed by atoms with Crippen LogP contribution in [0.2, 0.25) is 0 Å². The molecule has 0 atom stereocenters. The first-order valence-corrected chi connectivity index (χ1v) is 11.5. The van der Waals surface area contributed by atoms with E-state index in [-0.39, 0.29) is 24.9 Å². The van der Waals surface area contributed by atoms with Crippen molar-refractivity contribution in [2.24, 2.45) is 0 Å². The van der Waals surface area contributed by atoms with Gasteiger partial charge in [-0.25, -0.2) is 4.79 Å². The molecule has 1 aromatic heterocycles. The lowest BCUT2D eigenvalue weighted by atomic mass is 10.1. The molecule has 0 aliphatic carbocycles. The number of ether oxygens (including phenoxy) is 3. The second-order valence-electron chi connectivity index (χ2n) is 8.55. The van der Waals surface area contributed by atoms with Gasteiger partial charge in [-0.1, -0.05) is 0 Å². The number of aromatic amines is 1. The smallest absolute Gasteiger partial charge is 0.322 e. The Labute approximate surface area is 197 Å². The van der Waals surface area contributed by atoms with Crippen LogP contribution in [0.5, 0.6) is 17.2 Å². The average Bonchev–Trinajstić information content (AvgIpc) is 3.53. The van der Waals surface area contributed by atoms with Crippen molar-refractivity contribution < 1.29 is 19.0 Å². The number of hydrogen-bond donors (Lipinski definition) is 2. The van der Waals surface area contributed by atoms with Crippen molar-refractivity contribution in [3.63, 3.8) is 0 Å². The van der Waals surface area contributed by atoms with E-state index >= 15 is 0 Å². The van der Waals surface area contributed by atoms with Crippen molar-refractivity contribution in [1.29, 1.82) is 0 Å². The highest BCUT2D eigenvalue weighted by Gasteiger charge is 2.20. The maximum absolute atomic E-state index is 13.2. The van der Waals surface area contributed by atoms with E-state index in [4.69, 9.17) is 14.2 Å². The zero-order valence-corrected chi connectivity index (χ0v) is 19.1. The molecule has 178 valence electrons. The monoisotopic (exact) mass is 464 g/mol. The minimum absolute atomic E-state index is 0.165. The fourth-order valence-corrected chi connectivity index (χ4v) is 4.36. The highest BCUT2D eigenvalue weighted by molar-refractivity contribution is 5.89. The number of methoxy groups -OCH3 is 1. The van der Waals surface area contributed by atoms with Crippen molar-refractivity contribution >= 4 is 22.6 Å². The molecule has 9 nitrogen and oxygen atoms in total. The van der Waals surface area contributed by atoms with Gasteiger partial charge in [0.15, 0.2) is 11.5 Å². The number of aromatic nitrogens is 1. The molecule has 0 saturated carbocycles. The number of benzene rings is 2. The Balaban J connectivity index is 1.38. The van der Waals surface area contributed by atoms with Crippen LogP contribution in [0.4, 0.5) is 10.5 Å². The van der Waals surface area contributed by atoms with Crippen LogP contribution in [0.15, 0.2) is 47.3 Å². The largest absolute Gasteiger partial charge is 0.497 e. The molecule has 3 heterocycles. The number of anilines is 1. The number of carbonyl (C=O) groups is 1. The molecule has 1 saturated heterocycles. The number of nitrogens with one attached hydrogen (secondary N) is 2. The predicted molar refractivity (Wildman–Crippen MR) is 129 cm³/mol. The van der Waals surface area contributed by atoms with Crippen LogP contribution < -0.4 is 25.1 Å². The minimum atomic E-state index is -0.255. The number of fused-ring (bicyclic) bond motifs is 2. The minimum Gasteiger partial charge on any atom is -0.497 e. The Hall–Kier alpha value is -3.72. The summed E-state index contributed by atoms with van der Waals surface area (Å²) in [4.78, 5) is 33.0. The first-order chi connectivity index (χ1) is 16.6. The van der Waals surface area contributed by atoms with E-state index in [9.17, 15) is 9.59 Å². The Morgan fingerprint density at radius 1 is 1.12 bits per heavy atom. The van der Waals surface area contributed by atoms with E-state index < -0.39 is 0 Å². The van der Waals surface area contributed by atoms with Gasteiger partial charge in [0, 0.05) is 35.8 Å². The Bertz CT molecular complexity index is 1230. The van der Waals surface area contributed by atoms with Crippen molar-refractivity contribution in [3.05, 3.63) is 58.4 Å². The number of likely N-dealkylation sites (tertiary alicyclic amines) is 1. The van der Waals surface area contributed by atoms with Gasteiger partial charge in [0.2, 0.25) is 6.79 Å². The van der Waals surface area contributed by atoms with Crippen LogP contribution in [-0.4, -0.2) is 60.9 Å². The quantitative estimate of drug-likeness (QED) is 0.557. The van der Waals surface area contributed by atoms with Crippen LogP contribution in [0.1, 0.15) is 18.4 Å². The molecule has 2 N–H and O–H groups in total. The number of carbonyl (C=O) groups excluding carboxylic acids is 1. The molecular formula is C25H28N4O5. The number of rotatable bonds is 7. The topological polar surface area (TPSA) is 96.1 Å². The molecule has 5 rings (SSSR count). The lowest BCUT2D eigenvalue weighted by Gasteiger charge is -2.26. The van der Waals surface area contributed by atoms with E-state index in [0.717, 1.165) is 25.0 Å². The summed E-state index contributed by atoms with van der Waals surface area (Å²) < 4.78 is 16.1. The zero-order chi connectivity index (χ0) is 23.5. The first kappa shape index (κ1) is 22.1. The van der Waals surface area contributed by atoms with E-state index in [1.54, 1.807) is 42.3 Å². The van der Waals surface area contributed by atoms with Crippen LogP contribution >= 0.6 is 0 Å². The van der Waals surface area contributed by atoms with Gasteiger partial charge in [-0.15, -0.1) is 0 Å². The molecule has 0 bridgehead atoms. The lowest BCUT2D eigenvalue weighted by molar-refractivity contribution is 0.174. The fourth-order valence-electron chi connectivity index (χ4n) is 4.36. The molecule has 0 unspecified atom stereocenters. The summed E-state index contributed by atoms with van der Waals surface area (Å²) in [6.07, 6.45) is 2.36. The van der Waals surface area contributed by atoms with Gasteiger partial charge in [-0.05, 0) is 62.3 Å². The summed E-state index contributed by atoms with van der Waals surface area (Å²) in [5, 5.41) is 3.77. The lowest BCUT2D eigenvalue weighted by Crippen LogP contribution is -2.41. The van der Waals surface area contributed by atoms with Crippen molar-refractivity contribution in [2.75, 3.05) is 45.4 Å². The number of H-pyrrole nitrogens is 1. The molecule has 1 fully saturated rings. The van der Waals surface area contributed by atoms with Crippen molar-refractivity contribution in [1.82, 2.24) is 14.8 Å². The highest BCUT2D eigenvalue weighted by atomic mass is 16.7. The number of urea groups is 1. The number of nitrogens with zero attached hydrogens (tertiary/aromatic N) is 2. The van der Waals surface area contributed by atoms with Crippen LogP contribution in [0, 0.1) is 0 Å². The van der Waals surface area contributed by atoms with Gasteiger partial charge < -0.3 is 34.3 Å². The van der Waals surface area contributed by atoms with Crippen LogP contribution in [0.3, 0.4) is 0 Å². The van der Waals surface area contributed by atoms with Gasteiger partial charge in [0.25, 0.3) is 5.56 Å². The third kappa shape index (κ3) is 4.79. The van der Waals surface area contributed by atoms with Crippen molar-refractivity contribution in [3.8, 4) is 17.2 Å². The highest BCUT2D eigenvalue weighted by Crippen LogP contribution is 2.35. The molecule has 34 heavy (non-hydrogen) atoms. The summed E-state index contributed by atoms with van der Waals surface area (Å²) in [6, 6.07) is 12.4. The Morgan fingerprint density at radius 2 is 1.85 bits per heavy atom. The number of amides is 2. The summed E-state index contributed by atoms with van der Waals surface area (Å²) in [5.41, 5.74) is 1.62. The van der Waals surface area contributed by atoms with Crippen LogP contribution in [-0.2, 0) is 6.54 Å². The van der Waals surface area contributed by atoms with Gasteiger partial charge in [-0.2, -0.15) is 0 Å². The maximum Gasteiger partial charge on any atom is 0.322 e. The van der Waals surface area contributed by atoms with Crippen LogP contribution in [0.25, 0.3) is 10.9 Å². The molecule has 0 radical (unpaired) electrons. The number of pyridine rings is 1. The SMILES string of the molecule is COc1ccc(NC(=O)N(CCN2CCCC2)Cc2cc3cc4c(cc3[nH]c2=O)OCO4)cc1. The molecule has 3 aromatic rings. The summed E-state index contributed by atoms with van der Waals surface area (Å²) in [5.74, 6) is 1.98. The summed E-state index contributed by atoms with van der Waals surface area (Å²) in [6.45, 7) is 3.71. The van der Waals surface area contributed by atoms with E-state index in [0.29, 0.717) is 40.6 Å². The van der Waals surface area contributed by atoms with E-state index in [1.165, 1.54) is 12.8 Å². The fraction of sp³-hybridized carbons (Fsp3) is 0.360. The summed E-state index contributed by atoms with van der Waals surface area (Å²) >= 11 is 0. The van der Waals surface area contributed by atoms with Gasteiger partial charge in [0.1, 0.15) is 5.75 Å². The number of hydrogen-bond acceptors (Lipinski definition) is 6. The summed E-state index contributed by atoms with van der Waals surface area (Å²) in [7, 11) is 1.60. The molecular weight excluding hydrogens is 436 g/mol. The third-order valence-electron chi connectivity index (χ3n) is 6.29. The Morgan fingerprint density at radius 3 is 2.59 bits per heavy atom. The normalized spacial score (nSPS) is 15.0. The molecule has 0 spiro atoms. The molecule has 9 heteroatoms. The maximum atomic E-state index is 13.2. The second kappa shape index (κ2) is 9.64. The standard InChI is InChI=1S/C25H28N4O5/c1-32-20-6-4-19(5-7-20)26-25(31)29(11-10-28-8-2-3-9-28)15-18-12-17-13-22-23(34-16-33-22)14-21(17)27-24(18)30/h4-7,12-14H,2-3,8-11,15-16H2,1H3,(H,26,31)(H,27,30). The average molecular weight is 465 g/mol. The molecule has 2 aromatic carbocycles. The zero-order valence-electron chi connectivity index (χ0n) is 19.1. The molecule has 2 aliphatic rings. The van der Waals surface area contributed by atoms with Gasteiger partial charge in [-0.3, -0.25) is 4.79 Å². The first-order valence-electron chi connectivity index (χ1n) is 11.5. The molecule has 2 aliphatic heterocycles. The van der Waals surface area contributed by atoms with E-state index in [1.807, 2.05) is 12.1 Å². The van der Waals surface area contributed by atoms with Gasteiger partial charge in [0.05, 0.1) is 19.2 Å². The second-order valence-corrected chi connectivity index (χ2v) is 8.55. The third-order valence-corrected chi connectivity index (χ3v) is 6.29. The van der Waals surface area contributed by atoms with E-state index in [2.05, 4.69) is 15.2 Å². The predicted octanol–water partition coefficient (Wildman–Crippen LogP) is 3.40. The van der Waals surface area contributed by atoms with Crippen molar-refractivity contribution in [2.45, 2.75) is 19.4 Å². The molecule has 2 amide bonds.